The normalized spacial score (nSPS) is 11.3. The fourth-order valence-corrected chi connectivity index (χ4v) is 5.02. The minimum absolute atomic E-state index is 0.0322. The van der Waals surface area contributed by atoms with Crippen LogP contribution in [-0.4, -0.2) is 37.5 Å². The highest BCUT2D eigenvalue weighted by atomic mass is 32.2. The fourth-order valence-electron chi connectivity index (χ4n) is 3.16. The smallest absolute Gasteiger partial charge is 0.260 e. The molecule has 0 fully saturated rings. The van der Waals surface area contributed by atoms with Crippen LogP contribution in [0.15, 0.2) is 53.4 Å². The van der Waals surface area contributed by atoms with Gasteiger partial charge < -0.3 is 5.32 Å². The zero-order chi connectivity index (χ0) is 24.2. The van der Waals surface area contributed by atoms with Gasteiger partial charge in [-0.1, -0.05) is 19.1 Å². The minimum atomic E-state index is -3.26. The Balaban J connectivity index is 1.64. The first kappa shape index (κ1) is 24.6. The molecule has 0 atom stereocenters. The highest BCUT2D eigenvalue weighted by Crippen LogP contribution is 2.26. The number of nitrogens with one attached hydrogen (secondary N) is 1. The number of benzene rings is 2. The van der Waals surface area contributed by atoms with Crippen molar-refractivity contribution in [3.05, 3.63) is 70.2 Å². The van der Waals surface area contributed by atoms with Gasteiger partial charge in [-0.25, -0.2) is 13.4 Å². The van der Waals surface area contributed by atoms with Gasteiger partial charge in [0.05, 0.1) is 22.8 Å². The third-order valence-corrected chi connectivity index (χ3v) is 8.10. The van der Waals surface area contributed by atoms with Gasteiger partial charge in [0.1, 0.15) is 0 Å². The van der Waals surface area contributed by atoms with Crippen molar-refractivity contribution in [2.24, 2.45) is 0 Å². The van der Waals surface area contributed by atoms with Crippen molar-refractivity contribution in [3.63, 3.8) is 0 Å². The van der Waals surface area contributed by atoms with E-state index in [-0.39, 0.29) is 28.9 Å². The Morgan fingerprint density at radius 2 is 1.64 bits per heavy atom. The van der Waals surface area contributed by atoms with Gasteiger partial charge in [0, 0.05) is 22.7 Å². The maximum atomic E-state index is 13.0. The van der Waals surface area contributed by atoms with Gasteiger partial charge in [-0.05, 0) is 62.7 Å². The Morgan fingerprint density at radius 3 is 2.15 bits per heavy atom. The van der Waals surface area contributed by atoms with Gasteiger partial charge in [0.15, 0.2) is 15.0 Å². The summed E-state index contributed by atoms with van der Waals surface area (Å²) in [5, 5.41) is 3.48. The summed E-state index contributed by atoms with van der Waals surface area (Å²) in [7, 11) is -3.26. The molecule has 1 aromatic heterocycles. The zero-order valence-corrected chi connectivity index (χ0v) is 20.7. The molecule has 0 aliphatic rings. The number of carbonyl (C=O) groups is 2. The average Bonchev–Trinajstić information content (AvgIpc) is 3.12. The molecule has 3 rings (SSSR count). The molecule has 2 aromatic carbocycles. The Hall–Kier alpha value is -3.04. The van der Waals surface area contributed by atoms with E-state index in [2.05, 4.69) is 10.3 Å². The van der Waals surface area contributed by atoms with Crippen LogP contribution in [-0.2, 0) is 21.1 Å². The fraction of sp³-hybridized carbons (Fsp3) is 0.292. The summed E-state index contributed by atoms with van der Waals surface area (Å²) in [6, 6.07) is 13.1. The van der Waals surface area contributed by atoms with Crippen molar-refractivity contribution in [1.29, 1.82) is 0 Å². The van der Waals surface area contributed by atoms with Gasteiger partial charge in [-0.3, -0.25) is 14.5 Å². The van der Waals surface area contributed by atoms with Gasteiger partial charge >= 0.3 is 0 Å². The number of sulfone groups is 1. The molecule has 0 spiro atoms. The van der Waals surface area contributed by atoms with E-state index in [1.807, 2.05) is 20.8 Å². The summed E-state index contributed by atoms with van der Waals surface area (Å²) < 4.78 is 23.8. The molecule has 0 aliphatic heterocycles. The molecule has 3 aromatic rings. The number of hydrogen-bond acceptors (Lipinski definition) is 6. The second-order valence-corrected chi connectivity index (χ2v) is 11.0. The monoisotopic (exact) mass is 485 g/mol. The molecule has 9 heteroatoms. The maximum Gasteiger partial charge on any atom is 0.260 e. The molecule has 7 nitrogen and oxygen atoms in total. The number of anilines is 2. The van der Waals surface area contributed by atoms with Crippen molar-refractivity contribution in [1.82, 2.24) is 4.98 Å². The highest BCUT2D eigenvalue weighted by Gasteiger charge is 2.20. The van der Waals surface area contributed by atoms with Gasteiger partial charge in [-0.2, -0.15) is 0 Å². The summed E-state index contributed by atoms with van der Waals surface area (Å²) in [6.45, 7) is 7.90. The van der Waals surface area contributed by atoms with Crippen LogP contribution in [0.5, 0.6) is 0 Å². The number of aryl methyl sites for hydroxylation is 2. The van der Waals surface area contributed by atoms with Crippen LogP contribution in [0.4, 0.5) is 10.8 Å². The molecule has 0 bridgehead atoms. The minimum Gasteiger partial charge on any atom is -0.326 e. The number of rotatable bonds is 8. The molecule has 174 valence electrons. The van der Waals surface area contributed by atoms with Gasteiger partial charge in [0.25, 0.3) is 5.91 Å². The number of amides is 2. The first-order valence-corrected chi connectivity index (χ1v) is 13.1. The van der Waals surface area contributed by atoms with Crippen molar-refractivity contribution in [3.8, 4) is 0 Å². The topological polar surface area (TPSA) is 96.4 Å². The Kier molecular flexibility index (Phi) is 7.65. The molecular weight excluding hydrogens is 458 g/mol. The van der Waals surface area contributed by atoms with Crippen LogP contribution in [0.2, 0.25) is 0 Å². The van der Waals surface area contributed by atoms with E-state index >= 15 is 0 Å². The lowest BCUT2D eigenvalue weighted by atomic mass is 10.1. The average molecular weight is 486 g/mol. The van der Waals surface area contributed by atoms with Crippen LogP contribution in [0.1, 0.15) is 40.3 Å². The predicted octanol–water partition coefficient (Wildman–Crippen LogP) is 4.40. The molecular formula is C24H27N3O4S2. The predicted molar refractivity (Wildman–Crippen MR) is 132 cm³/mol. The number of hydrogen-bond donors (Lipinski definition) is 1. The van der Waals surface area contributed by atoms with Crippen LogP contribution < -0.4 is 10.2 Å². The Morgan fingerprint density at radius 1 is 1.00 bits per heavy atom. The largest absolute Gasteiger partial charge is 0.326 e. The molecule has 1 heterocycles. The molecule has 33 heavy (non-hydrogen) atoms. The third kappa shape index (κ3) is 5.85. The standard InChI is InChI=1S/C24H27N3O4S2/c1-5-27(24-25-16(3)17(4)32-24)23(29)19-9-11-20(12-10-19)26-22(28)15-18-7-13-21(14-8-18)33(30,31)6-2/h7-14H,5-6,15H2,1-4H3,(H,26,28). The number of aromatic nitrogens is 1. The molecule has 0 aliphatic carbocycles. The van der Waals surface area contributed by atoms with E-state index in [4.69, 9.17) is 0 Å². The number of carbonyl (C=O) groups excluding carboxylic acids is 2. The molecule has 0 saturated heterocycles. The van der Waals surface area contributed by atoms with E-state index in [0.717, 1.165) is 10.6 Å². The van der Waals surface area contributed by atoms with E-state index < -0.39 is 9.84 Å². The molecule has 1 N–H and O–H groups in total. The lowest BCUT2D eigenvalue weighted by Gasteiger charge is -2.18. The molecule has 0 radical (unpaired) electrons. The highest BCUT2D eigenvalue weighted by molar-refractivity contribution is 7.91. The second-order valence-electron chi connectivity index (χ2n) is 7.54. The molecule has 0 saturated carbocycles. The summed E-state index contributed by atoms with van der Waals surface area (Å²) in [6.07, 6.45) is 0.111. The quantitative estimate of drug-likeness (QED) is 0.510. The first-order chi connectivity index (χ1) is 15.6. The summed E-state index contributed by atoms with van der Waals surface area (Å²) in [5.74, 6) is -0.347. The maximum absolute atomic E-state index is 13.0. The van der Waals surface area contributed by atoms with E-state index in [1.54, 1.807) is 48.2 Å². The van der Waals surface area contributed by atoms with Crippen LogP contribution in [0, 0.1) is 13.8 Å². The Labute approximate surface area is 198 Å². The van der Waals surface area contributed by atoms with E-state index in [1.165, 1.54) is 23.5 Å². The SMILES string of the molecule is CCN(C(=O)c1ccc(NC(=O)Cc2ccc(S(=O)(=O)CC)cc2)cc1)c1nc(C)c(C)s1. The summed E-state index contributed by atoms with van der Waals surface area (Å²) in [5.41, 5.74) is 2.71. The van der Waals surface area contributed by atoms with Crippen molar-refractivity contribution in [2.45, 2.75) is 39.0 Å². The van der Waals surface area contributed by atoms with Crippen LogP contribution in [0.25, 0.3) is 0 Å². The number of thiazole rings is 1. The van der Waals surface area contributed by atoms with E-state index in [9.17, 15) is 18.0 Å². The molecule has 0 unspecified atom stereocenters. The van der Waals surface area contributed by atoms with Crippen molar-refractivity contribution < 1.29 is 18.0 Å². The van der Waals surface area contributed by atoms with Crippen LogP contribution >= 0.6 is 11.3 Å². The van der Waals surface area contributed by atoms with Crippen LogP contribution in [0.3, 0.4) is 0 Å². The second kappa shape index (κ2) is 10.3. The lowest BCUT2D eigenvalue weighted by molar-refractivity contribution is -0.115. The first-order valence-electron chi connectivity index (χ1n) is 10.6. The number of nitrogens with zero attached hydrogens (tertiary/aromatic N) is 2. The third-order valence-electron chi connectivity index (χ3n) is 5.25. The van der Waals surface area contributed by atoms with Gasteiger partial charge in [-0.15, -0.1) is 11.3 Å². The zero-order valence-electron chi connectivity index (χ0n) is 19.1. The Bertz CT molecular complexity index is 1230. The summed E-state index contributed by atoms with van der Waals surface area (Å²) in [4.78, 5) is 32.8. The lowest BCUT2D eigenvalue weighted by Crippen LogP contribution is -2.30. The van der Waals surface area contributed by atoms with Gasteiger partial charge in [0.2, 0.25) is 5.91 Å². The van der Waals surface area contributed by atoms with Crippen molar-refractivity contribution in [2.75, 3.05) is 22.5 Å². The van der Waals surface area contributed by atoms with E-state index in [0.29, 0.717) is 28.5 Å². The van der Waals surface area contributed by atoms with Crippen molar-refractivity contribution >= 4 is 43.8 Å². The summed E-state index contributed by atoms with van der Waals surface area (Å²) >= 11 is 1.49. The molecule has 2 amide bonds.